The van der Waals surface area contributed by atoms with Crippen LogP contribution >= 0.6 is 0 Å². The van der Waals surface area contributed by atoms with Crippen LogP contribution in [0.1, 0.15) is 58.3 Å². The van der Waals surface area contributed by atoms with Crippen molar-refractivity contribution in [2.75, 3.05) is 20.6 Å². The molecule has 2 nitrogen and oxygen atoms in total. The lowest BCUT2D eigenvalue weighted by Gasteiger charge is -2.23. The highest BCUT2D eigenvalue weighted by Crippen LogP contribution is 2.12. The highest BCUT2D eigenvalue weighted by molar-refractivity contribution is 4.66. The normalized spacial score (nSPS) is 13.4. The first-order chi connectivity index (χ1) is 7.22. The molecular weight excluding hydrogens is 184 g/mol. The largest absolute Gasteiger partial charge is 0.330 e. The Morgan fingerprint density at radius 1 is 0.933 bits per heavy atom. The van der Waals surface area contributed by atoms with Crippen LogP contribution in [0, 0.1) is 0 Å². The molecule has 1 atom stereocenters. The molecular formula is C13H30N2. The molecule has 0 radical (unpaired) electrons. The lowest BCUT2D eigenvalue weighted by molar-refractivity contribution is 0.260. The van der Waals surface area contributed by atoms with Gasteiger partial charge >= 0.3 is 0 Å². The van der Waals surface area contributed by atoms with Crippen LogP contribution in [0.5, 0.6) is 0 Å². The summed E-state index contributed by atoms with van der Waals surface area (Å²) >= 11 is 0. The summed E-state index contributed by atoms with van der Waals surface area (Å²) in [7, 11) is 4.33. The fraction of sp³-hybridized carbons (Fsp3) is 1.00. The first-order valence-electron chi connectivity index (χ1n) is 6.58. The van der Waals surface area contributed by atoms with Gasteiger partial charge in [-0.05, 0) is 33.5 Å². The second-order valence-corrected chi connectivity index (χ2v) is 4.75. The summed E-state index contributed by atoms with van der Waals surface area (Å²) in [5.41, 5.74) is 5.61. The van der Waals surface area contributed by atoms with E-state index in [2.05, 4.69) is 25.9 Å². The third kappa shape index (κ3) is 8.88. The first-order valence-corrected chi connectivity index (χ1v) is 6.58. The number of unbranched alkanes of at least 4 members (excludes halogenated alkanes) is 5. The van der Waals surface area contributed by atoms with Crippen molar-refractivity contribution < 1.29 is 0 Å². The maximum absolute atomic E-state index is 5.61. The number of nitrogens with two attached hydrogens (primary N) is 1. The van der Waals surface area contributed by atoms with Gasteiger partial charge in [0, 0.05) is 6.04 Å². The molecule has 0 aromatic heterocycles. The van der Waals surface area contributed by atoms with Crippen molar-refractivity contribution >= 4 is 0 Å². The molecule has 0 aromatic rings. The Balaban J connectivity index is 3.37. The fourth-order valence-corrected chi connectivity index (χ4v) is 2.01. The molecule has 92 valence electrons. The third-order valence-corrected chi connectivity index (χ3v) is 3.12. The van der Waals surface area contributed by atoms with Crippen molar-refractivity contribution in [1.29, 1.82) is 0 Å². The summed E-state index contributed by atoms with van der Waals surface area (Å²) in [6, 6.07) is 0.696. The van der Waals surface area contributed by atoms with Gasteiger partial charge in [0.2, 0.25) is 0 Å². The second-order valence-electron chi connectivity index (χ2n) is 4.75. The van der Waals surface area contributed by atoms with E-state index in [-0.39, 0.29) is 0 Å². The lowest BCUT2D eigenvalue weighted by Crippen LogP contribution is -2.30. The van der Waals surface area contributed by atoms with E-state index in [1.165, 1.54) is 44.9 Å². The summed E-state index contributed by atoms with van der Waals surface area (Å²) in [6.07, 6.45) is 10.8. The molecule has 0 bridgehead atoms. The Morgan fingerprint density at radius 3 is 2.07 bits per heavy atom. The summed E-state index contributed by atoms with van der Waals surface area (Å²) in [6.45, 7) is 3.09. The zero-order chi connectivity index (χ0) is 11.5. The molecule has 0 aliphatic carbocycles. The molecule has 0 aromatic carbocycles. The topological polar surface area (TPSA) is 29.3 Å². The average molecular weight is 214 g/mol. The van der Waals surface area contributed by atoms with Gasteiger partial charge in [-0.3, -0.25) is 0 Å². The van der Waals surface area contributed by atoms with Crippen LogP contribution in [-0.4, -0.2) is 31.6 Å². The molecule has 2 N–H and O–H groups in total. The maximum Gasteiger partial charge on any atom is 0.0101 e. The number of rotatable bonds is 10. The van der Waals surface area contributed by atoms with Gasteiger partial charge in [-0.1, -0.05) is 45.4 Å². The van der Waals surface area contributed by atoms with Crippen molar-refractivity contribution in [2.24, 2.45) is 5.73 Å². The molecule has 0 aliphatic rings. The van der Waals surface area contributed by atoms with Gasteiger partial charge in [-0.15, -0.1) is 0 Å². The molecule has 0 fully saturated rings. The zero-order valence-electron chi connectivity index (χ0n) is 11.0. The molecule has 0 amide bonds. The van der Waals surface area contributed by atoms with Gasteiger partial charge in [0.25, 0.3) is 0 Å². The van der Waals surface area contributed by atoms with E-state index in [1.54, 1.807) is 0 Å². The third-order valence-electron chi connectivity index (χ3n) is 3.12. The van der Waals surface area contributed by atoms with Gasteiger partial charge < -0.3 is 10.6 Å². The van der Waals surface area contributed by atoms with Crippen LogP contribution in [0.25, 0.3) is 0 Å². The monoisotopic (exact) mass is 214 g/mol. The molecule has 0 rings (SSSR count). The zero-order valence-corrected chi connectivity index (χ0v) is 11.0. The SMILES string of the molecule is CCCCCCCCC(CCN)N(C)C. The molecule has 0 saturated heterocycles. The van der Waals surface area contributed by atoms with Gasteiger partial charge in [0.1, 0.15) is 0 Å². The fourth-order valence-electron chi connectivity index (χ4n) is 2.01. The van der Waals surface area contributed by atoms with Crippen molar-refractivity contribution in [1.82, 2.24) is 4.90 Å². The van der Waals surface area contributed by atoms with E-state index in [0.29, 0.717) is 6.04 Å². The van der Waals surface area contributed by atoms with Crippen LogP contribution in [0.3, 0.4) is 0 Å². The van der Waals surface area contributed by atoms with Gasteiger partial charge in [-0.2, -0.15) is 0 Å². The minimum atomic E-state index is 0.696. The van der Waals surface area contributed by atoms with E-state index in [0.717, 1.165) is 13.0 Å². The lowest BCUT2D eigenvalue weighted by atomic mass is 10.0. The molecule has 0 aliphatic heterocycles. The average Bonchev–Trinajstić information content (AvgIpc) is 2.21. The Labute approximate surface area is 96.2 Å². The Kier molecular flexibility index (Phi) is 10.4. The van der Waals surface area contributed by atoms with Crippen molar-refractivity contribution in [3.63, 3.8) is 0 Å². The number of hydrogen-bond acceptors (Lipinski definition) is 2. The van der Waals surface area contributed by atoms with Crippen LogP contribution in [-0.2, 0) is 0 Å². The van der Waals surface area contributed by atoms with E-state index in [1.807, 2.05) is 0 Å². The predicted molar refractivity (Wildman–Crippen MR) is 69.1 cm³/mol. The first kappa shape index (κ1) is 14.9. The van der Waals surface area contributed by atoms with Crippen LogP contribution < -0.4 is 5.73 Å². The number of hydrogen-bond donors (Lipinski definition) is 1. The highest BCUT2D eigenvalue weighted by atomic mass is 15.1. The Morgan fingerprint density at radius 2 is 1.53 bits per heavy atom. The van der Waals surface area contributed by atoms with Crippen molar-refractivity contribution in [3.8, 4) is 0 Å². The smallest absolute Gasteiger partial charge is 0.0101 e. The summed E-state index contributed by atoms with van der Waals surface area (Å²) in [5, 5.41) is 0. The molecule has 1 unspecified atom stereocenters. The predicted octanol–water partition coefficient (Wildman–Crippen LogP) is 3.02. The minimum absolute atomic E-state index is 0.696. The van der Waals surface area contributed by atoms with Crippen LogP contribution in [0.4, 0.5) is 0 Å². The molecule has 2 heteroatoms. The molecule has 0 spiro atoms. The summed E-state index contributed by atoms with van der Waals surface area (Å²) in [5.74, 6) is 0. The van der Waals surface area contributed by atoms with Crippen LogP contribution in [0.15, 0.2) is 0 Å². The van der Waals surface area contributed by atoms with Crippen molar-refractivity contribution in [3.05, 3.63) is 0 Å². The van der Waals surface area contributed by atoms with Crippen LogP contribution in [0.2, 0.25) is 0 Å². The quantitative estimate of drug-likeness (QED) is 0.566. The van der Waals surface area contributed by atoms with E-state index >= 15 is 0 Å². The second kappa shape index (κ2) is 10.4. The van der Waals surface area contributed by atoms with E-state index < -0.39 is 0 Å². The van der Waals surface area contributed by atoms with Gasteiger partial charge in [0.15, 0.2) is 0 Å². The van der Waals surface area contributed by atoms with Gasteiger partial charge in [-0.25, -0.2) is 0 Å². The van der Waals surface area contributed by atoms with E-state index in [4.69, 9.17) is 5.73 Å². The standard InChI is InChI=1S/C13H30N2/c1-4-5-6-7-8-9-10-13(11-12-14)15(2)3/h13H,4-12,14H2,1-3H3. The molecule has 0 saturated carbocycles. The molecule has 0 heterocycles. The highest BCUT2D eigenvalue weighted by Gasteiger charge is 2.09. The van der Waals surface area contributed by atoms with E-state index in [9.17, 15) is 0 Å². The Bertz CT molecular complexity index is 124. The minimum Gasteiger partial charge on any atom is -0.330 e. The summed E-state index contributed by atoms with van der Waals surface area (Å²) in [4.78, 5) is 2.32. The van der Waals surface area contributed by atoms with Crippen molar-refractivity contribution in [2.45, 2.75) is 64.3 Å². The van der Waals surface area contributed by atoms with Gasteiger partial charge in [0.05, 0.1) is 0 Å². The summed E-state index contributed by atoms with van der Waals surface area (Å²) < 4.78 is 0. The molecule has 15 heavy (non-hydrogen) atoms. The number of nitrogens with zero attached hydrogens (tertiary/aromatic N) is 1. The Hall–Kier alpha value is -0.0800. The maximum atomic E-state index is 5.61.